The van der Waals surface area contributed by atoms with Crippen LogP contribution in [-0.2, 0) is 11.3 Å². The highest BCUT2D eigenvalue weighted by molar-refractivity contribution is 5.85. The number of hydrogen-bond donors (Lipinski definition) is 2. The maximum Gasteiger partial charge on any atom is 0.220 e. The van der Waals surface area contributed by atoms with Crippen molar-refractivity contribution in [2.24, 2.45) is 5.73 Å². The summed E-state index contributed by atoms with van der Waals surface area (Å²) in [5.74, 6) is 1.81. The molecule has 0 aliphatic carbocycles. The molecule has 0 fully saturated rings. The van der Waals surface area contributed by atoms with Gasteiger partial charge in [-0.3, -0.25) is 4.79 Å². The number of amides is 1. The van der Waals surface area contributed by atoms with Gasteiger partial charge in [-0.2, -0.15) is 0 Å². The summed E-state index contributed by atoms with van der Waals surface area (Å²) < 4.78 is 15.8. The molecule has 1 aromatic carbocycles. The van der Waals surface area contributed by atoms with E-state index in [0.717, 1.165) is 5.56 Å². The minimum Gasteiger partial charge on any atom is -0.496 e. The fourth-order valence-electron chi connectivity index (χ4n) is 1.79. The molecule has 0 heterocycles. The average molecular weight is 319 g/mol. The van der Waals surface area contributed by atoms with Crippen molar-refractivity contribution >= 4 is 18.3 Å². The fraction of sp³-hybridized carbons (Fsp3) is 0.500. The van der Waals surface area contributed by atoms with Crippen molar-refractivity contribution in [2.75, 3.05) is 27.9 Å². The van der Waals surface area contributed by atoms with Gasteiger partial charge in [-0.25, -0.2) is 0 Å². The molecule has 1 rings (SSSR count). The van der Waals surface area contributed by atoms with Crippen molar-refractivity contribution in [3.63, 3.8) is 0 Å². The van der Waals surface area contributed by atoms with E-state index in [1.165, 1.54) is 0 Å². The van der Waals surface area contributed by atoms with E-state index in [2.05, 4.69) is 5.32 Å². The van der Waals surface area contributed by atoms with Gasteiger partial charge in [0.2, 0.25) is 5.91 Å². The Kier molecular flexibility index (Phi) is 9.32. The Morgan fingerprint density at radius 2 is 1.71 bits per heavy atom. The van der Waals surface area contributed by atoms with Gasteiger partial charge in [-0.15, -0.1) is 12.4 Å². The highest BCUT2D eigenvalue weighted by Crippen LogP contribution is 2.33. The Morgan fingerprint density at radius 1 is 1.14 bits per heavy atom. The molecular formula is C14H23ClN2O4. The van der Waals surface area contributed by atoms with Crippen LogP contribution in [0.15, 0.2) is 12.1 Å². The van der Waals surface area contributed by atoms with E-state index in [0.29, 0.717) is 43.2 Å². The molecule has 1 aromatic rings. The number of halogens is 1. The predicted octanol–water partition coefficient (Wildman–Crippen LogP) is 1.49. The number of methoxy groups -OCH3 is 3. The summed E-state index contributed by atoms with van der Waals surface area (Å²) in [7, 11) is 4.70. The molecule has 0 unspecified atom stereocenters. The third-order valence-electron chi connectivity index (χ3n) is 2.89. The highest BCUT2D eigenvalue weighted by atomic mass is 35.5. The second-order valence-corrected chi connectivity index (χ2v) is 4.18. The number of nitrogens with two attached hydrogens (primary N) is 1. The lowest BCUT2D eigenvalue weighted by molar-refractivity contribution is -0.121. The van der Waals surface area contributed by atoms with Crippen LogP contribution in [0.5, 0.6) is 17.2 Å². The van der Waals surface area contributed by atoms with Gasteiger partial charge in [0.25, 0.3) is 0 Å². The molecule has 0 bridgehead atoms. The Hall–Kier alpha value is -1.66. The minimum atomic E-state index is -0.0459. The predicted molar refractivity (Wildman–Crippen MR) is 83.5 cm³/mol. The lowest BCUT2D eigenvalue weighted by atomic mass is 10.1. The lowest BCUT2D eigenvalue weighted by Crippen LogP contribution is -2.23. The van der Waals surface area contributed by atoms with Crippen LogP contribution in [-0.4, -0.2) is 33.8 Å². The first kappa shape index (κ1) is 19.3. The molecule has 0 atom stereocenters. The molecule has 21 heavy (non-hydrogen) atoms. The first-order chi connectivity index (χ1) is 9.65. The second kappa shape index (κ2) is 10.1. The summed E-state index contributed by atoms with van der Waals surface area (Å²) in [4.78, 5) is 11.6. The first-order valence-electron chi connectivity index (χ1n) is 6.41. The maximum absolute atomic E-state index is 11.6. The maximum atomic E-state index is 11.6. The molecule has 6 nitrogen and oxygen atoms in total. The Labute approximate surface area is 131 Å². The fourth-order valence-corrected chi connectivity index (χ4v) is 1.79. The zero-order valence-electron chi connectivity index (χ0n) is 12.6. The van der Waals surface area contributed by atoms with Gasteiger partial charge in [-0.1, -0.05) is 0 Å². The van der Waals surface area contributed by atoms with E-state index in [-0.39, 0.29) is 18.3 Å². The molecule has 7 heteroatoms. The Balaban J connectivity index is 0.00000400. The number of hydrogen-bond acceptors (Lipinski definition) is 5. The third kappa shape index (κ3) is 5.69. The summed E-state index contributed by atoms with van der Waals surface area (Å²) >= 11 is 0. The van der Waals surface area contributed by atoms with Crippen LogP contribution >= 0.6 is 12.4 Å². The van der Waals surface area contributed by atoms with E-state index >= 15 is 0 Å². The SMILES string of the molecule is COc1cc(OC)c(CNC(=O)CCCN)c(OC)c1.Cl. The van der Waals surface area contributed by atoms with Gasteiger partial charge in [0, 0.05) is 18.6 Å². The van der Waals surface area contributed by atoms with Crippen molar-refractivity contribution in [3.05, 3.63) is 17.7 Å². The van der Waals surface area contributed by atoms with Crippen molar-refractivity contribution in [1.29, 1.82) is 0 Å². The van der Waals surface area contributed by atoms with Crippen molar-refractivity contribution in [2.45, 2.75) is 19.4 Å². The van der Waals surface area contributed by atoms with E-state index in [9.17, 15) is 4.79 Å². The number of benzene rings is 1. The van der Waals surface area contributed by atoms with Crippen LogP contribution in [0.25, 0.3) is 0 Å². The molecule has 0 saturated heterocycles. The standard InChI is InChI=1S/C14H22N2O4.ClH/c1-18-10-7-12(19-2)11(13(8-10)20-3)9-16-14(17)5-4-6-15;/h7-8H,4-6,9,15H2,1-3H3,(H,16,17);1H. The Bertz CT molecular complexity index is 430. The summed E-state index contributed by atoms with van der Waals surface area (Å²) in [6.45, 7) is 0.836. The monoisotopic (exact) mass is 318 g/mol. The number of rotatable bonds is 8. The minimum absolute atomic E-state index is 0. The number of ether oxygens (including phenoxy) is 3. The summed E-state index contributed by atoms with van der Waals surface area (Å²) in [6, 6.07) is 3.51. The average Bonchev–Trinajstić information content (AvgIpc) is 2.49. The molecule has 0 aliphatic rings. The van der Waals surface area contributed by atoms with Crippen LogP contribution in [0.4, 0.5) is 0 Å². The molecule has 0 saturated carbocycles. The molecule has 3 N–H and O–H groups in total. The first-order valence-corrected chi connectivity index (χ1v) is 6.41. The molecule has 1 amide bonds. The van der Waals surface area contributed by atoms with Crippen LogP contribution in [0.2, 0.25) is 0 Å². The molecule has 0 aliphatic heterocycles. The van der Waals surface area contributed by atoms with E-state index in [1.807, 2.05) is 0 Å². The van der Waals surface area contributed by atoms with Crippen LogP contribution < -0.4 is 25.3 Å². The van der Waals surface area contributed by atoms with Gasteiger partial charge in [-0.05, 0) is 13.0 Å². The zero-order chi connectivity index (χ0) is 15.0. The van der Waals surface area contributed by atoms with Crippen LogP contribution in [0.1, 0.15) is 18.4 Å². The van der Waals surface area contributed by atoms with Gasteiger partial charge in [0.05, 0.1) is 33.4 Å². The van der Waals surface area contributed by atoms with Gasteiger partial charge in [0.1, 0.15) is 17.2 Å². The van der Waals surface area contributed by atoms with Gasteiger partial charge >= 0.3 is 0 Å². The van der Waals surface area contributed by atoms with E-state index in [1.54, 1.807) is 33.5 Å². The van der Waals surface area contributed by atoms with Crippen LogP contribution in [0, 0.1) is 0 Å². The third-order valence-corrected chi connectivity index (χ3v) is 2.89. The summed E-state index contributed by atoms with van der Waals surface area (Å²) in [5.41, 5.74) is 6.15. The van der Waals surface area contributed by atoms with Crippen molar-refractivity contribution < 1.29 is 19.0 Å². The van der Waals surface area contributed by atoms with E-state index in [4.69, 9.17) is 19.9 Å². The quantitative estimate of drug-likeness (QED) is 0.759. The molecule has 120 valence electrons. The largest absolute Gasteiger partial charge is 0.496 e. The van der Waals surface area contributed by atoms with Gasteiger partial charge < -0.3 is 25.3 Å². The normalized spacial score (nSPS) is 9.52. The van der Waals surface area contributed by atoms with E-state index < -0.39 is 0 Å². The van der Waals surface area contributed by atoms with Crippen molar-refractivity contribution in [1.82, 2.24) is 5.32 Å². The smallest absolute Gasteiger partial charge is 0.220 e. The molecule has 0 radical (unpaired) electrons. The molecule has 0 aromatic heterocycles. The number of carbonyl (C=O) groups is 1. The molecule has 0 spiro atoms. The summed E-state index contributed by atoms with van der Waals surface area (Å²) in [6.07, 6.45) is 1.08. The van der Waals surface area contributed by atoms with Gasteiger partial charge in [0.15, 0.2) is 0 Å². The number of carbonyl (C=O) groups excluding carboxylic acids is 1. The topological polar surface area (TPSA) is 82.8 Å². The zero-order valence-corrected chi connectivity index (χ0v) is 13.4. The molecular weight excluding hydrogens is 296 g/mol. The van der Waals surface area contributed by atoms with Crippen LogP contribution in [0.3, 0.4) is 0 Å². The lowest BCUT2D eigenvalue weighted by Gasteiger charge is -2.15. The number of nitrogens with one attached hydrogen (secondary N) is 1. The highest BCUT2D eigenvalue weighted by Gasteiger charge is 2.14. The Morgan fingerprint density at radius 3 is 2.14 bits per heavy atom. The summed E-state index contributed by atoms with van der Waals surface area (Å²) in [5, 5.41) is 2.83. The second-order valence-electron chi connectivity index (χ2n) is 4.18. The van der Waals surface area contributed by atoms with Crippen molar-refractivity contribution in [3.8, 4) is 17.2 Å².